The average molecular weight is 390 g/mol. The Kier molecular flexibility index (Phi) is 4.72. The van der Waals surface area contributed by atoms with E-state index in [0.29, 0.717) is 18.6 Å². The van der Waals surface area contributed by atoms with Crippen molar-refractivity contribution in [2.24, 2.45) is 0 Å². The lowest BCUT2D eigenvalue weighted by Gasteiger charge is -2.54. The first-order chi connectivity index (χ1) is 14.2. The number of piperazine rings is 1. The highest BCUT2D eigenvalue weighted by atomic mass is 16.2. The van der Waals surface area contributed by atoms with Gasteiger partial charge in [-0.3, -0.25) is 4.90 Å². The number of amides is 1. The molecule has 2 atom stereocenters. The van der Waals surface area contributed by atoms with Crippen molar-refractivity contribution in [1.29, 1.82) is 0 Å². The van der Waals surface area contributed by atoms with E-state index >= 15 is 0 Å². The molecule has 1 amide bonds. The number of nitrogens with zero attached hydrogens (tertiary/aromatic N) is 4. The Morgan fingerprint density at radius 1 is 1.07 bits per heavy atom. The Hall–Kier alpha value is -2.86. The molecule has 3 saturated heterocycles. The quantitative estimate of drug-likeness (QED) is 0.682. The number of aryl methyl sites for hydroxylation is 1. The van der Waals surface area contributed by atoms with Crippen molar-refractivity contribution in [1.82, 2.24) is 19.8 Å². The maximum absolute atomic E-state index is 13.1. The average Bonchev–Trinajstić information content (AvgIpc) is 3.17. The summed E-state index contributed by atoms with van der Waals surface area (Å²) in [5.74, 6) is 0.773. The first-order valence-corrected chi connectivity index (χ1v) is 10.5. The molecule has 1 aromatic heterocycles. The number of hydrogen-bond acceptors (Lipinski definition) is 4. The summed E-state index contributed by atoms with van der Waals surface area (Å²) < 4.78 is 1.77. The van der Waals surface area contributed by atoms with Gasteiger partial charge in [-0.1, -0.05) is 42.5 Å². The second-order valence-corrected chi connectivity index (χ2v) is 8.17. The Morgan fingerprint density at radius 3 is 2.55 bits per heavy atom. The number of aromatic nitrogens is 2. The monoisotopic (exact) mass is 389 g/mol. The van der Waals surface area contributed by atoms with Crippen molar-refractivity contribution in [3.8, 4) is 0 Å². The van der Waals surface area contributed by atoms with Crippen molar-refractivity contribution < 1.29 is 4.79 Å². The van der Waals surface area contributed by atoms with Crippen LogP contribution in [0, 0.1) is 0 Å². The lowest BCUT2D eigenvalue weighted by atomic mass is 9.89. The first-order valence-electron chi connectivity index (χ1n) is 10.5. The molecular formula is C23H27N5O. The summed E-state index contributed by atoms with van der Waals surface area (Å²) in [4.78, 5) is 22.7. The van der Waals surface area contributed by atoms with E-state index < -0.39 is 0 Å². The number of rotatable bonds is 5. The van der Waals surface area contributed by atoms with E-state index in [4.69, 9.17) is 4.98 Å². The van der Waals surface area contributed by atoms with E-state index in [1.807, 2.05) is 30.3 Å². The summed E-state index contributed by atoms with van der Waals surface area (Å²) in [5, 5.41) is 3.11. The van der Waals surface area contributed by atoms with E-state index in [9.17, 15) is 4.79 Å². The summed E-state index contributed by atoms with van der Waals surface area (Å²) in [7, 11) is 2.19. The molecule has 0 saturated carbocycles. The van der Waals surface area contributed by atoms with E-state index in [0.717, 1.165) is 42.9 Å². The van der Waals surface area contributed by atoms with Crippen LogP contribution in [0.25, 0.3) is 11.0 Å². The van der Waals surface area contributed by atoms with E-state index in [2.05, 4.69) is 46.4 Å². The van der Waals surface area contributed by atoms with Crippen LogP contribution in [0.4, 0.5) is 10.7 Å². The van der Waals surface area contributed by atoms with Gasteiger partial charge in [0.25, 0.3) is 0 Å². The number of fused-ring (bicyclic) bond motifs is 3. The van der Waals surface area contributed by atoms with Gasteiger partial charge in [0.2, 0.25) is 5.95 Å². The summed E-state index contributed by atoms with van der Waals surface area (Å²) in [6.45, 7) is 2.50. The molecule has 6 heteroatoms. The van der Waals surface area contributed by atoms with E-state index in [-0.39, 0.29) is 6.03 Å². The van der Waals surface area contributed by atoms with Crippen LogP contribution in [0.1, 0.15) is 18.4 Å². The zero-order valence-electron chi connectivity index (χ0n) is 16.8. The number of imidazole rings is 1. The Morgan fingerprint density at radius 2 is 1.79 bits per heavy atom. The van der Waals surface area contributed by atoms with Crippen molar-refractivity contribution in [2.75, 3.05) is 31.6 Å². The molecule has 3 fully saturated rings. The van der Waals surface area contributed by atoms with Gasteiger partial charge < -0.3 is 10.2 Å². The third-order valence-corrected chi connectivity index (χ3v) is 6.35. The van der Waals surface area contributed by atoms with Gasteiger partial charge in [-0.05, 0) is 44.0 Å². The van der Waals surface area contributed by atoms with Gasteiger partial charge in [0.1, 0.15) is 0 Å². The van der Waals surface area contributed by atoms with Gasteiger partial charge in [0.05, 0.1) is 11.0 Å². The molecule has 3 aromatic rings. The highest BCUT2D eigenvalue weighted by molar-refractivity contribution is 5.93. The molecule has 4 heterocycles. The highest BCUT2D eigenvalue weighted by Crippen LogP contribution is 2.33. The van der Waals surface area contributed by atoms with Crippen LogP contribution in [0.2, 0.25) is 0 Å². The predicted octanol–water partition coefficient (Wildman–Crippen LogP) is 3.12. The van der Waals surface area contributed by atoms with Crippen molar-refractivity contribution in [3.63, 3.8) is 0 Å². The van der Waals surface area contributed by atoms with Gasteiger partial charge in [-0.25, -0.2) is 14.3 Å². The minimum absolute atomic E-state index is 0.0886. The number of carbonyl (C=O) groups excluding carboxylic acids is 1. The summed E-state index contributed by atoms with van der Waals surface area (Å²) >= 11 is 0. The maximum Gasteiger partial charge on any atom is 0.328 e. The van der Waals surface area contributed by atoms with Gasteiger partial charge >= 0.3 is 6.03 Å². The van der Waals surface area contributed by atoms with Gasteiger partial charge in [0, 0.05) is 31.7 Å². The fraction of sp³-hybridized carbons (Fsp3) is 0.391. The lowest BCUT2D eigenvalue weighted by molar-refractivity contribution is 0.0256. The van der Waals surface area contributed by atoms with Crippen molar-refractivity contribution in [3.05, 3.63) is 60.2 Å². The molecule has 3 aliphatic rings. The van der Waals surface area contributed by atoms with Gasteiger partial charge in [-0.2, -0.15) is 0 Å². The highest BCUT2D eigenvalue weighted by Gasteiger charge is 2.43. The number of likely N-dealkylation sites (N-methyl/N-ethyl adjacent to an activating group) is 1. The number of para-hydroxylation sites is 2. The van der Waals surface area contributed by atoms with Gasteiger partial charge in [-0.15, -0.1) is 0 Å². The molecule has 2 aromatic carbocycles. The number of benzene rings is 2. The summed E-state index contributed by atoms with van der Waals surface area (Å²) in [5.41, 5.74) is 3.04. The number of piperidine rings is 1. The predicted molar refractivity (Wildman–Crippen MR) is 115 cm³/mol. The lowest BCUT2D eigenvalue weighted by Crippen LogP contribution is -2.67. The minimum Gasteiger partial charge on any atom is -0.339 e. The molecule has 3 aliphatic heterocycles. The topological polar surface area (TPSA) is 53.4 Å². The number of nitrogens with one attached hydrogen (secondary N) is 1. The molecule has 2 bridgehead atoms. The minimum atomic E-state index is -0.0886. The Balaban J connectivity index is 1.32. The summed E-state index contributed by atoms with van der Waals surface area (Å²) in [6, 6.07) is 19.3. The van der Waals surface area contributed by atoms with Crippen LogP contribution in [0.5, 0.6) is 0 Å². The fourth-order valence-corrected chi connectivity index (χ4v) is 4.60. The SMILES string of the molecule is CN1C2CC1CN(c1nc3ccccc3n1C(=O)NCCCc1ccccc1)C2. The van der Waals surface area contributed by atoms with Crippen LogP contribution in [0.3, 0.4) is 0 Å². The number of carbonyl (C=O) groups is 1. The second-order valence-electron chi connectivity index (χ2n) is 8.17. The zero-order valence-corrected chi connectivity index (χ0v) is 16.8. The van der Waals surface area contributed by atoms with Crippen molar-refractivity contribution in [2.45, 2.75) is 31.3 Å². The maximum atomic E-state index is 13.1. The third kappa shape index (κ3) is 3.38. The van der Waals surface area contributed by atoms with Crippen LogP contribution >= 0.6 is 0 Å². The molecule has 0 spiro atoms. The molecule has 2 unspecified atom stereocenters. The standard InChI is InChI=1S/C23H27N5O/c1-26-18-14-19(26)16-27(15-18)22-25-20-11-5-6-12-21(20)28(22)23(29)24-13-7-10-17-8-3-2-4-9-17/h2-6,8-9,11-12,18-19H,7,10,13-16H2,1H3,(H,24,29). The van der Waals surface area contributed by atoms with Crippen molar-refractivity contribution >= 4 is 23.0 Å². The molecule has 1 N–H and O–H groups in total. The molecule has 6 nitrogen and oxygen atoms in total. The molecule has 0 aliphatic carbocycles. The van der Waals surface area contributed by atoms with E-state index in [1.165, 1.54) is 12.0 Å². The summed E-state index contributed by atoms with van der Waals surface area (Å²) in [6.07, 6.45) is 3.12. The largest absolute Gasteiger partial charge is 0.339 e. The van der Waals surface area contributed by atoms with Crippen LogP contribution < -0.4 is 10.2 Å². The smallest absolute Gasteiger partial charge is 0.328 e. The van der Waals surface area contributed by atoms with Crippen LogP contribution in [-0.4, -0.2) is 59.2 Å². The number of anilines is 1. The second kappa shape index (κ2) is 7.52. The van der Waals surface area contributed by atoms with Crippen LogP contribution in [0.15, 0.2) is 54.6 Å². The van der Waals surface area contributed by atoms with Crippen LogP contribution in [-0.2, 0) is 6.42 Å². The molecule has 0 radical (unpaired) electrons. The Bertz CT molecular complexity index is 1000. The molecular weight excluding hydrogens is 362 g/mol. The normalized spacial score (nSPS) is 21.2. The molecule has 150 valence electrons. The van der Waals surface area contributed by atoms with Gasteiger partial charge in [0.15, 0.2) is 0 Å². The molecule has 6 rings (SSSR count). The van der Waals surface area contributed by atoms with E-state index in [1.54, 1.807) is 4.57 Å². The Labute approximate surface area is 171 Å². The number of hydrogen-bond donors (Lipinski definition) is 1. The third-order valence-electron chi connectivity index (χ3n) is 6.35. The fourth-order valence-electron chi connectivity index (χ4n) is 4.60. The first kappa shape index (κ1) is 18.2. The molecule has 29 heavy (non-hydrogen) atoms. The zero-order chi connectivity index (χ0) is 19.8.